The summed E-state index contributed by atoms with van der Waals surface area (Å²) in [7, 11) is 0. The Kier molecular flexibility index (Phi) is 10.3. The molecular formula is C44H44O5. The highest BCUT2D eigenvalue weighted by atomic mass is 17.2. The zero-order chi connectivity index (χ0) is 33.5. The molecule has 49 heavy (non-hydrogen) atoms. The predicted molar refractivity (Wildman–Crippen MR) is 191 cm³/mol. The van der Waals surface area contributed by atoms with Crippen molar-refractivity contribution in [3.8, 4) is 5.75 Å². The third-order valence-corrected chi connectivity index (χ3v) is 9.81. The van der Waals surface area contributed by atoms with Gasteiger partial charge in [0.15, 0.2) is 0 Å². The minimum absolute atomic E-state index is 0.0956. The summed E-state index contributed by atoms with van der Waals surface area (Å²) in [6.07, 6.45) is 6.56. The molecule has 250 valence electrons. The van der Waals surface area contributed by atoms with E-state index < -0.39 is 11.9 Å². The number of benzene rings is 5. The first-order chi connectivity index (χ1) is 24.1. The highest BCUT2D eigenvalue weighted by Gasteiger charge is 2.49. The van der Waals surface area contributed by atoms with E-state index in [-0.39, 0.29) is 18.5 Å². The minimum atomic E-state index is -1.29. The van der Waals surface area contributed by atoms with E-state index in [2.05, 4.69) is 66.7 Å². The molecule has 7 rings (SSSR count). The van der Waals surface area contributed by atoms with Crippen LogP contribution in [0.25, 0.3) is 0 Å². The standard InChI is InChI=1S/C44H44O5/c1-32(45)28-33-20-22-34(23-21-33)31-46-49-44(39-16-4-2-5-17-39,40-18-6-3-7-19-40)43(47-41-26-24-35-12-8-10-14-37(35)29-41)48-42-27-25-36-13-9-11-15-38(36)30-42/h2-8,10,12,14,16-23,25,27,30,41,43H,9,11,13,15,24,26,28-29,31H2,1H3. The van der Waals surface area contributed by atoms with Gasteiger partial charge in [0.05, 0.1) is 6.10 Å². The number of Topliss-reactive ketones (excluding diaryl/α,β-unsaturated/α-hetero) is 1. The molecule has 2 aliphatic rings. The summed E-state index contributed by atoms with van der Waals surface area (Å²) in [4.78, 5) is 24.6. The van der Waals surface area contributed by atoms with E-state index in [4.69, 9.17) is 19.2 Å². The number of hydrogen-bond acceptors (Lipinski definition) is 5. The lowest BCUT2D eigenvalue weighted by molar-refractivity contribution is -0.402. The molecule has 2 atom stereocenters. The molecule has 0 aromatic heterocycles. The molecule has 0 spiro atoms. The Morgan fingerprint density at radius 1 is 0.694 bits per heavy atom. The number of rotatable bonds is 13. The van der Waals surface area contributed by atoms with Gasteiger partial charge in [-0.3, -0.25) is 4.79 Å². The molecule has 0 heterocycles. The Balaban J connectivity index is 1.28. The van der Waals surface area contributed by atoms with Crippen LogP contribution in [0.15, 0.2) is 127 Å². The van der Waals surface area contributed by atoms with Crippen molar-refractivity contribution in [3.05, 3.63) is 172 Å². The number of aryl methyl sites for hydroxylation is 3. The molecule has 0 aliphatic heterocycles. The second-order valence-electron chi connectivity index (χ2n) is 13.4. The van der Waals surface area contributed by atoms with Gasteiger partial charge in [-0.05, 0) is 109 Å². The summed E-state index contributed by atoms with van der Waals surface area (Å²) in [6.45, 7) is 1.80. The molecule has 5 aromatic carbocycles. The molecule has 0 bridgehead atoms. The van der Waals surface area contributed by atoms with Crippen molar-refractivity contribution in [1.29, 1.82) is 0 Å². The average molecular weight is 653 g/mol. The first-order valence-electron chi connectivity index (χ1n) is 17.6. The first kappa shape index (κ1) is 33.0. The van der Waals surface area contributed by atoms with E-state index in [9.17, 15) is 4.79 Å². The van der Waals surface area contributed by atoms with Crippen LogP contribution in [-0.4, -0.2) is 18.2 Å². The van der Waals surface area contributed by atoms with E-state index in [0.29, 0.717) is 6.42 Å². The maximum absolute atomic E-state index is 11.7. The van der Waals surface area contributed by atoms with Crippen molar-refractivity contribution < 1.29 is 24.0 Å². The van der Waals surface area contributed by atoms with Crippen molar-refractivity contribution in [2.45, 2.75) is 82.9 Å². The van der Waals surface area contributed by atoms with Crippen molar-refractivity contribution in [1.82, 2.24) is 0 Å². The Labute approximate surface area is 289 Å². The van der Waals surface area contributed by atoms with Crippen molar-refractivity contribution in [2.24, 2.45) is 0 Å². The number of carbonyl (C=O) groups excluding carboxylic acids is 1. The molecule has 2 aliphatic carbocycles. The van der Waals surface area contributed by atoms with Gasteiger partial charge in [0.2, 0.25) is 11.9 Å². The van der Waals surface area contributed by atoms with Crippen molar-refractivity contribution in [3.63, 3.8) is 0 Å². The third kappa shape index (κ3) is 7.70. The van der Waals surface area contributed by atoms with Crippen LogP contribution in [-0.2, 0) is 63.6 Å². The molecule has 5 nitrogen and oxygen atoms in total. The zero-order valence-corrected chi connectivity index (χ0v) is 28.2. The summed E-state index contributed by atoms with van der Waals surface area (Å²) in [5.41, 5.74) is 7.75. The summed E-state index contributed by atoms with van der Waals surface area (Å²) in [5, 5.41) is 0. The van der Waals surface area contributed by atoms with Crippen LogP contribution >= 0.6 is 0 Å². The lowest BCUT2D eigenvalue weighted by Gasteiger charge is -2.41. The van der Waals surface area contributed by atoms with Gasteiger partial charge < -0.3 is 9.47 Å². The van der Waals surface area contributed by atoms with Gasteiger partial charge in [0, 0.05) is 6.42 Å². The Hall–Kier alpha value is -4.55. The lowest BCUT2D eigenvalue weighted by atomic mass is 9.84. The number of ether oxygens (including phenoxy) is 2. The summed E-state index contributed by atoms with van der Waals surface area (Å²) in [5.74, 6) is 0.886. The van der Waals surface area contributed by atoms with Gasteiger partial charge in [-0.15, -0.1) is 0 Å². The fourth-order valence-corrected chi connectivity index (χ4v) is 7.25. The van der Waals surface area contributed by atoms with Crippen LogP contribution in [0.2, 0.25) is 0 Å². The highest BCUT2D eigenvalue weighted by Crippen LogP contribution is 2.42. The smallest absolute Gasteiger partial charge is 0.241 e. The first-order valence-corrected chi connectivity index (χ1v) is 17.6. The normalized spacial score (nSPS) is 16.3. The third-order valence-electron chi connectivity index (χ3n) is 9.81. The highest BCUT2D eigenvalue weighted by molar-refractivity contribution is 5.78. The molecule has 5 aromatic rings. The average Bonchev–Trinajstić information content (AvgIpc) is 3.14. The summed E-state index contributed by atoms with van der Waals surface area (Å²) in [6, 6.07) is 43.2. The van der Waals surface area contributed by atoms with E-state index in [1.165, 1.54) is 35.1 Å². The maximum Gasteiger partial charge on any atom is 0.241 e. The van der Waals surface area contributed by atoms with Gasteiger partial charge in [-0.2, -0.15) is 0 Å². The van der Waals surface area contributed by atoms with Gasteiger partial charge in [0.1, 0.15) is 18.1 Å². The molecule has 0 fully saturated rings. The Morgan fingerprint density at radius 2 is 1.31 bits per heavy atom. The number of carbonyl (C=O) groups is 1. The number of fused-ring (bicyclic) bond motifs is 2. The SMILES string of the molecule is CC(=O)Cc1ccc(COOC(c2ccccc2)(c2ccccc2)C(Oc2ccc3c(c2)CCCC3)OC2CCc3ccccc3C2)cc1. The second kappa shape index (κ2) is 15.3. The topological polar surface area (TPSA) is 54.0 Å². The van der Waals surface area contributed by atoms with Crippen LogP contribution in [0, 0.1) is 0 Å². The molecule has 0 amide bonds. The maximum atomic E-state index is 11.7. The predicted octanol–water partition coefficient (Wildman–Crippen LogP) is 9.07. The summed E-state index contributed by atoms with van der Waals surface area (Å²) < 4.78 is 14.2. The van der Waals surface area contributed by atoms with E-state index >= 15 is 0 Å². The molecule has 0 radical (unpaired) electrons. The van der Waals surface area contributed by atoms with Crippen molar-refractivity contribution in [2.75, 3.05) is 0 Å². The Bertz CT molecular complexity index is 1790. The fourth-order valence-electron chi connectivity index (χ4n) is 7.25. The molecule has 5 heteroatoms. The molecule has 2 unspecified atom stereocenters. The summed E-state index contributed by atoms with van der Waals surface area (Å²) >= 11 is 0. The molecule has 0 saturated carbocycles. The van der Waals surface area contributed by atoms with Crippen molar-refractivity contribution >= 4 is 5.78 Å². The van der Waals surface area contributed by atoms with Gasteiger partial charge in [0.25, 0.3) is 0 Å². The second-order valence-corrected chi connectivity index (χ2v) is 13.4. The van der Waals surface area contributed by atoms with Crippen LogP contribution in [0.5, 0.6) is 5.75 Å². The van der Waals surface area contributed by atoms with Gasteiger partial charge in [-0.1, -0.05) is 115 Å². The van der Waals surface area contributed by atoms with Crippen LogP contribution < -0.4 is 4.74 Å². The van der Waals surface area contributed by atoms with Gasteiger partial charge >= 0.3 is 0 Å². The minimum Gasteiger partial charge on any atom is -0.461 e. The number of ketones is 1. The lowest BCUT2D eigenvalue weighted by Crippen LogP contribution is -2.50. The fraction of sp³-hybridized carbons (Fsp3) is 0.295. The zero-order valence-electron chi connectivity index (χ0n) is 28.2. The Morgan fingerprint density at radius 3 is 2.00 bits per heavy atom. The van der Waals surface area contributed by atoms with E-state index in [1.54, 1.807) is 6.92 Å². The van der Waals surface area contributed by atoms with E-state index in [1.807, 2.05) is 60.7 Å². The monoisotopic (exact) mass is 652 g/mol. The molecular weight excluding hydrogens is 608 g/mol. The van der Waals surface area contributed by atoms with Gasteiger partial charge in [-0.25, -0.2) is 9.78 Å². The largest absolute Gasteiger partial charge is 0.461 e. The molecule has 0 N–H and O–H groups in total. The number of hydrogen-bond donors (Lipinski definition) is 0. The quantitative estimate of drug-likeness (QED) is 0.0722. The van der Waals surface area contributed by atoms with E-state index in [0.717, 1.165) is 60.1 Å². The molecule has 0 saturated heterocycles. The van der Waals surface area contributed by atoms with Crippen LogP contribution in [0.1, 0.15) is 70.7 Å². The van der Waals surface area contributed by atoms with Crippen LogP contribution in [0.4, 0.5) is 0 Å². The van der Waals surface area contributed by atoms with Crippen LogP contribution in [0.3, 0.4) is 0 Å².